The third-order valence-electron chi connectivity index (χ3n) is 12.5. The van der Waals surface area contributed by atoms with Crippen LogP contribution in [0.25, 0.3) is 10.8 Å². The van der Waals surface area contributed by atoms with Crippen molar-refractivity contribution in [3.63, 3.8) is 0 Å². The summed E-state index contributed by atoms with van der Waals surface area (Å²) >= 11 is 0. The lowest BCUT2D eigenvalue weighted by atomic mass is 9.86. The highest BCUT2D eigenvalue weighted by atomic mass is 32.2. The summed E-state index contributed by atoms with van der Waals surface area (Å²) in [5.41, 5.74) is -4.64. The topological polar surface area (TPSA) is 185 Å². The van der Waals surface area contributed by atoms with E-state index in [1.54, 1.807) is 63.3 Å². The maximum Gasteiger partial charge on any atom is 0.408 e. The molecule has 1 aromatic carbocycles. The van der Waals surface area contributed by atoms with E-state index in [9.17, 15) is 32.3 Å². The number of carbonyl (C=O) groups is 4. The zero-order chi connectivity index (χ0) is 42.6. The van der Waals surface area contributed by atoms with Crippen molar-refractivity contribution in [3.05, 3.63) is 42.5 Å². The van der Waals surface area contributed by atoms with E-state index in [0.717, 1.165) is 11.8 Å². The van der Waals surface area contributed by atoms with Gasteiger partial charge in [-0.15, -0.1) is 0 Å². The van der Waals surface area contributed by atoms with Crippen molar-refractivity contribution in [1.29, 1.82) is 0 Å². The van der Waals surface area contributed by atoms with Crippen LogP contribution in [0, 0.1) is 17.8 Å². The molecule has 3 heterocycles. The highest BCUT2D eigenvalue weighted by molar-refractivity contribution is 7.91. The molecule has 2 aliphatic carbocycles. The number of allylic oxidation sites excluding steroid dienone is 1. The Labute approximate surface area is 335 Å². The number of amides is 4. The molecule has 14 nitrogen and oxygen atoms in total. The van der Waals surface area contributed by atoms with E-state index >= 15 is 13.6 Å². The van der Waals surface area contributed by atoms with Gasteiger partial charge in [-0.3, -0.25) is 28.9 Å². The first-order valence-corrected chi connectivity index (χ1v) is 21.2. The number of halogens is 3. The van der Waals surface area contributed by atoms with Gasteiger partial charge < -0.3 is 19.9 Å². The largest absolute Gasteiger partial charge is 0.481 e. The Morgan fingerprint density at radius 1 is 1.17 bits per heavy atom. The van der Waals surface area contributed by atoms with E-state index < -0.39 is 98.8 Å². The number of nitrogens with one attached hydrogen (secondary N) is 2. The van der Waals surface area contributed by atoms with Gasteiger partial charge in [-0.25, -0.2) is 17.6 Å². The fourth-order valence-corrected chi connectivity index (χ4v) is 9.90. The van der Waals surface area contributed by atoms with Crippen molar-refractivity contribution in [2.45, 2.75) is 126 Å². The quantitative estimate of drug-likeness (QED) is 0.202. The van der Waals surface area contributed by atoms with Crippen LogP contribution in [0.3, 0.4) is 0 Å². The van der Waals surface area contributed by atoms with Gasteiger partial charge in [0.15, 0.2) is 5.60 Å². The van der Waals surface area contributed by atoms with E-state index in [-0.39, 0.29) is 54.7 Å². The molecule has 1 unspecified atom stereocenters. The van der Waals surface area contributed by atoms with Crippen molar-refractivity contribution in [3.8, 4) is 11.8 Å². The zero-order valence-electron chi connectivity index (χ0n) is 33.5. The van der Waals surface area contributed by atoms with Gasteiger partial charge in [0, 0.05) is 29.8 Å². The van der Waals surface area contributed by atoms with Gasteiger partial charge in [-0.1, -0.05) is 51.1 Å². The van der Waals surface area contributed by atoms with Gasteiger partial charge in [0.05, 0.1) is 7.11 Å². The number of pyridine rings is 1. The third kappa shape index (κ3) is 7.44. The molecular formula is C40H52F3N5O9S. The van der Waals surface area contributed by atoms with Crippen LogP contribution in [0.2, 0.25) is 0 Å². The Morgan fingerprint density at radius 3 is 2.48 bits per heavy atom. The van der Waals surface area contributed by atoms with Crippen LogP contribution in [-0.2, 0) is 24.4 Å². The monoisotopic (exact) mass is 835 g/mol. The van der Waals surface area contributed by atoms with Crippen LogP contribution in [-0.4, -0.2) is 106 Å². The van der Waals surface area contributed by atoms with Gasteiger partial charge in [0.2, 0.25) is 27.7 Å². The van der Waals surface area contributed by atoms with Crippen LogP contribution < -0.4 is 19.5 Å². The van der Waals surface area contributed by atoms with Crippen molar-refractivity contribution in [2.75, 3.05) is 13.8 Å². The molecule has 1 aromatic heterocycles. The highest BCUT2D eigenvalue weighted by Gasteiger charge is 2.71. The lowest BCUT2D eigenvalue weighted by Gasteiger charge is -2.42. The molecule has 0 bridgehead atoms. The Balaban J connectivity index is 1.48. The minimum Gasteiger partial charge on any atom is -0.481 e. The number of nitrogens with zero attached hydrogens (tertiary/aromatic N) is 3. The molecular weight excluding hydrogens is 784 g/mol. The maximum atomic E-state index is 17.6. The van der Waals surface area contributed by atoms with Crippen LogP contribution in [0.4, 0.5) is 18.0 Å². The number of ether oxygens (including phenoxy) is 2. The van der Waals surface area contributed by atoms with E-state index in [4.69, 9.17) is 9.47 Å². The van der Waals surface area contributed by atoms with Gasteiger partial charge in [0.1, 0.15) is 29.0 Å². The number of methoxy groups -OCH3 is 1. The molecule has 3 fully saturated rings. The Kier molecular flexibility index (Phi) is 11.5. The summed E-state index contributed by atoms with van der Waals surface area (Å²) in [7, 11) is -3.21. The lowest BCUT2D eigenvalue weighted by molar-refractivity contribution is -0.219. The van der Waals surface area contributed by atoms with Crippen LogP contribution in [0.1, 0.15) is 86.0 Å². The molecule has 2 aromatic rings. The predicted octanol–water partition coefficient (Wildman–Crippen LogP) is 5.56. The first-order chi connectivity index (χ1) is 27.2. The van der Waals surface area contributed by atoms with Gasteiger partial charge >= 0.3 is 12.1 Å². The number of rotatable bonds is 10. The maximum absolute atomic E-state index is 17.6. The molecule has 0 spiro atoms. The summed E-state index contributed by atoms with van der Waals surface area (Å²) in [6, 6.07) is -0.659. The number of benzene rings is 1. The molecule has 0 radical (unpaired) electrons. The molecule has 3 N–H and O–H groups in total. The van der Waals surface area contributed by atoms with Crippen LogP contribution >= 0.6 is 0 Å². The average molecular weight is 836 g/mol. The van der Waals surface area contributed by atoms with E-state index in [1.165, 1.54) is 7.11 Å². The minimum atomic E-state index is -4.55. The third-order valence-corrected chi connectivity index (χ3v) is 14.7. The Hall–Kier alpha value is -4.61. The summed E-state index contributed by atoms with van der Waals surface area (Å²) in [5, 5.41) is 13.9. The fourth-order valence-electron chi connectivity index (χ4n) is 8.48. The van der Waals surface area contributed by atoms with Gasteiger partial charge in [-0.2, -0.15) is 13.8 Å². The van der Waals surface area contributed by atoms with Crippen molar-refractivity contribution in [2.24, 2.45) is 17.8 Å². The zero-order valence-corrected chi connectivity index (χ0v) is 34.3. The normalized spacial score (nSPS) is 31.7. The Bertz CT molecular complexity index is 2100. The molecule has 18 heteroatoms. The van der Waals surface area contributed by atoms with Crippen molar-refractivity contribution >= 4 is 44.6 Å². The number of sulfonamides is 1. The van der Waals surface area contributed by atoms with Crippen molar-refractivity contribution in [1.82, 2.24) is 24.8 Å². The summed E-state index contributed by atoms with van der Waals surface area (Å²) in [4.78, 5) is 61.9. The molecule has 58 heavy (non-hydrogen) atoms. The van der Waals surface area contributed by atoms with E-state index in [2.05, 4.69) is 10.3 Å². The van der Waals surface area contributed by atoms with Gasteiger partial charge in [0.25, 0.3) is 11.8 Å². The number of hydrogen-bond donors (Lipinski definition) is 3. The minimum absolute atomic E-state index is 0.0131. The first kappa shape index (κ1) is 43.0. The number of carboxylic acid groups (broad SMARTS) is 1. The summed E-state index contributed by atoms with van der Waals surface area (Å²) in [6.45, 7) is 6.56. The first-order valence-electron chi connectivity index (χ1n) is 19.7. The standard InChI is InChI=1S/C40H52F3N5O9S/c1-7-25(4)47(36(52)53)31-24(3)18-23(2)12-8-10-14-27-20-39(27,35(51)46-58(54,55)38(22-41)16-17-38)45-32(49)29-21-37(5,40(42,43)48(29)34(31)50)57-33-28-15-11-9-13-26(28)19-30(44-33)56-6/h9-11,13-15,19,23-25,27,29,31H,7-8,12,16-18,20-22H2,1-6H3,(H,45,49)(H,46,51)(H,52,53)/b14-10-/t23-,24-,25?,27-,29+,31+,37-,39-/m1/s1. The molecule has 1 saturated heterocycles. The van der Waals surface area contributed by atoms with Crippen LogP contribution in [0.5, 0.6) is 11.8 Å². The summed E-state index contributed by atoms with van der Waals surface area (Å²) in [5.74, 6) is -5.69. The second-order valence-corrected chi connectivity index (χ2v) is 18.8. The smallest absolute Gasteiger partial charge is 0.408 e. The summed E-state index contributed by atoms with van der Waals surface area (Å²) in [6.07, 6.45) is 2.44. The molecule has 2 saturated carbocycles. The highest BCUT2D eigenvalue weighted by Crippen LogP contribution is 2.51. The average Bonchev–Trinajstić information content (AvgIpc) is 4.09. The lowest BCUT2D eigenvalue weighted by Crippen LogP contribution is -2.64. The number of fused-ring (bicyclic) bond motifs is 3. The Morgan fingerprint density at radius 2 is 1.86 bits per heavy atom. The number of aromatic nitrogens is 1. The number of hydrogen-bond acceptors (Lipinski definition) is 9. The molecule has 4 aliphatic rings. The second-order valence-electron chi connectivity index (χ2n) is 16.7. The molecule has 4 amide bonds. The molecule has 318 valence electrons. The van der Waals surface area contributed by atoms with Crippen LogP contribution in [0.15, 0.2) is 42.5 Å². The molecule has 2 aliphatic heterocycles. The molecule has 6 rings (SSSR count). The predicted molar refractivity (Wildman–Crippen MR) is 206 cm³/mol. The van der Waals surface area contributed by atoms with Crippen molar-refractivity contribution < 1.29 is 55.3 Å². The number of carbonyl (C=O) groups excluding carboxylic acids is 3. The second kappa shape index (κ2) is 15.5. The number of alkyl halides is 3. The summed E-state index contributed by atoms with van der Waals surface area (Å²) < 4.78 is 87.1. The van der Waals surface area contributed by atoms with Gasteiger partial charge in [-0.05, 0) is 82.1 Å². The van der Waals surface area contributed by atoms with E-state index in [0.29, 0.717) is 23.6 Å². The van der Waals surface area contributed by atoms with E-state index in [1.807, 2.05) is 11.6 Å². The SMILES string of the molecule is CCC(C)N(C(=O)O)[C@@H]1C(=O)N2[C@@H](C[C@@](C)(Oc3nc(OC)cc4ccccc34)C2(F)F)C(=O)N[C@]2(C(=O)NS(=O)(=O)C3(CF)CC3)C[C@H]2/C=C\CC[C@@H](C)C[C@H]1C. The fraction of sp³-hybridized carbons (Fsp3) is 0.625. The molecule has 8 atom stereocenters.